The van der Waals surface area contributed by atoms with Crippen LogP contribution in [0.1, 0.15) is 64.7 Å². The Bertz CT molecular complexity index is 454. The molecule has 3 fully saturated rings. The van der Waals surface area contributed by atoms with Crippen LogP contribution in [-0.4, -0.2) is 24.3 Å². The van der Waals surface area contributed by atoms with Gasteiger partial charge in [0.05, 0.1) is 12.2 Å². The minimum absolute atomic E-state index is 0.0134. The summed E-state index contributed by atoms with van der Waals surface area (Å²) in [6.45, 7) is 2.24. The molecule has 0 aromatic rings. The van der Waals surface area contributed by atoms with E-state index in [0.717, 1.165) is 25.7 Å². The Balaban J connectivity index is 1.45. The fourth-order valence-electron chi connectivity index (χ4n) is 4.08. The van der Waals surface area contributed by atoms with Crippen LogP contribution in [0, 0.1) is 11.8 Å². The van der Waals surface area contributed by atoms with Gasteiger partial charge in [-0.15, -0.1) is 0 Å². The molecule has 0 amide bonds. The molecule has 0 N–H and O–H groups in total. The van der Waals surface area contributed by atoms with Gasteiger partial charge in [-0.3, -0.25) is 4.79 Å². The molecule has 128 valence electrons. The summed E-state index contributed by atoms with van der Waals surface area (Å²) in [6.07, 6.45) is 19.8. The van der Waals surface area contributed by atoms with Crippen LogP contribution >= 0.6 is 0 Å². The van der Waals surface area contributed by atoms with Crippen LogP contribution in [0.15, 0.2) is 24.3 Å². The standard InChI is InChI=1S/C20H30O3/c1-2-3-4-5-6-7-8-9-11-15-16(14-18-20(15)23-18)17-12-10-13-19(21)22-17/h6-7,9,11,15-18,20H,2-5,8,10,12-14H2,1H3/b7-6-,11-9+/t15-,16+,17-,18-,20+/m1/s1. The number of cyclic esters (lactones) is 1. The predicted molar refractivity (Wildman–Crippen MR) is 91.0 cm³/mol. The fourth-order valence-corrected chi connectivity index (χ4v) is 4.08. The monoisotopic (exact) mass is 318 g/mol. The maximum atomic E-state index is 11.6. The second kappa shape index (κ2) is 8.14. The van der Waals surface area contributed by atoms with Crippen molar-refractivity contribution in [1.29, 1.82) is 0 Å². The molecule has 2 heterocycles. The number of esters is 1. The van der Waals surface area contributed by atoms with E-state index in [9.17, 15) is 4.79 Å². The molecule has 3 aliphatic rings. The van der Waals surface area contributed by atoms with Gasteiger partial charge in [0.25, 0.3) is 0 Å². The number of hydrogen-bond acceptors (Lipinski definition) is 3. The van der Waals surface area contributed by atoms with Crippen LogP contribution in [0.25, 0.3) is 0 Å². The molecule has 5 atom stereocenters. The lowest BCUT2D eigenvalue weighted by Crippen LogP contribution is -2.34. The van der Waals surface area contributed by atoms with Crippen molar-refractivity contribution in [3.63, 3.8) is 0 Å². The van der Waals surface area contributed by atoms with Crippen molar-refractivity contribution in [2.45, 2.75) is 83.0 Å². The van der Waals surface area contributed by atoms with Gasteiger partial charge in [0.2, 0.25) is 0 Å². The average molecular weight is 318 g/mol. The zero-order chi connectivity index (χ0) is 16.1. The minimum atomic E-state index is -0.0134. The van der Waals surface area contributed by atoms with Crippen LogP contribution in [-0.2, 0) is 14.3 Å². The second-order valence-electron chi connectivity index (χ2n) is 7.17. The Hall–Kier alpha value is -1.09. The molecule has 3 heteroatoms. The van der Waals surface area contributed by atoms with Crippen molar-refractivity contribution in [2.24, 2.45) is 11.8 Å². The molecule has 3 nitrogen and oxygen atoms in total. The number of fused-ring (bicyclic) bond motifs is 1. The van der Waals surface area contributed by atoms with Crippen LogP contribution in [0.3, 0.4) is 0 Å². The van der Waals surface area contributed by atoms with Gasteiger partial charge in [-0.2, -0.15) is 0 Å². The van der Waals surface area contributed by atoms with Crippen LogP contribution < -0.4 is 0 Å². The molecule has 0 unspecified atom stereocenters. The zero-order valence-corrected chi connectivity index (χ0v) is 14.3. The van der Waals surface area contributed by atoms with Crippen molar-refractivity contribution in [3.05, 3.63) is 24.3 Å². The van der Waals surface area contributed by atoms with Gasteiger partial charge in [-0.05, 0) is 38.5 Å². The van der Waals surface area contributed by atoms with Crippen LogP contribution in [0.4, 0.5) is 0 Å². The molecule has 23 heavy (non-hydrogen) atoms. The largest absolute Gasteiger partial charge is 0.462 e. The van der Waals surface area contributed by atoms with Gasteiger partial charge in [-0.25, -0.2) is 0 Å². The van der Waals surface area contributed by atoms with Crippen LogP contribution in [0.5, 0.6) is 0 Å². The van der Waals surface area contributed by atoms with E-state index >= 15 is 0 Å². The molecule has 1 saturated carbocycles. The summed E-state index contributed by atoms with van der Waals surface area (Å²) >= 11 is 0. The first kappa shape index (κ1) is 16.8. The normalized spacial score (nSPS) is 36.6. The summed E-state index contributed by atoms with van der Waals surface area (Å²) in [6, 6.07) is 0. The molecule has 0 radical (unpaired) electrons. The van der Waals surface area contributed by atoms with Gasteiger partial charge in [-0.1, -0.05) is 44.1 Å². The van der Waals surface area contributed by atoms with Gasteiger partial charge in [0, 0.05) is 18.3 Å². The lowest BCUT2D eigenvalue weighted by molar-refractivity contribution is -0.158. The third kappa shape index (κ3) is 4.47. The van der Waals surface area contributed by atoms with E-state index in [2.05, 4.69) is 31.2 Å². The van der Waals surface area contributed by atoms with E-state index in [1.54, 1.807) is 0 Å². The summed E-state index contributed by atoms with van der Waals surface area (Å²) in [4.78, 5) is 11.6. The van der Waals surface area contributed by atoms with Gasteiger partial charge < -0.3 is 9.47 Å². The highest BCUT2D eigenvalue weighted by atomic mass is 16.6. The summed E-state index contributed by atoms with van der Waals surface area (Å²) < 4.78 is 11.3. The SMILES string of the molecule is CCCCC/C=C\C/C=C/[C@@H]1[C@@H]([C@H]2CCCC(=O)O2)C[C@H]2O[C@@H]12. The van der Waals surface area contributed by atoms with Gasteiger partial charge >= 0.3 is 5.97 Å². The molecule has 0 bridgehead atoms. The lowest BCUT2D eigenvalue weighted by Gasteiger charge is -2.31. The molecular formula is C20H30O3. The summed E-state index contributed by atoms with van der Waals surface area (Å²) in [5.41, 5.74) is 0. The Morgan fingerprint density at radius 2 is 2.09 bits per heavy atom. The van der Waals surface area contributed by atoms with E-state index in [-0.39, 0.29) is 12.1 Å². The van der Waals surface area contributed by atoms with Crippen LogP contribution in [0.2, 0.25) is 0 Å². The molecule has 1 aliphatic carbocycles. The molecule has 0 aromatic carbocycles. The number of ether oxygens (including phenoxy) is 2. The molecule has 2 saturated heterocycles. The Kier molecular flexibility index (Phi) is 5.93. The van der Waals surface area contributed by atoms with Gasteiger partial charge in [0.15, 0.2) is 0 Å². The topological polar surface area (TPSA) is 38.8 Å². The molecule has 0 aromatic heterocycles. The molecular weight excluding hydrogens is 288 g/mol. The summed E-state index contributed by atoms with van der Waals surface area (Å²) in [7, 11) is 0. The molecule has 0 spiro atoms. The summed E-state index contributed by atoms with van der Waals surface area (Å²) in [5, 5.41) is 0. The number of rotatable bonds is 8. The number of hydrogen-bond donors (Lipinski definition) is 0. The lowest BCUT2D eigenvalue weighted by atomic mass is 9.85. The van der Waals surface area contributed by atoms with Crippen molar-refractivity contribution in [1.82, 2.24) is 0 Å². The quantitative estimate of drug-likeness (QED) is 0.285. The van der Waals surface area contributed by atoms with Crippen molar-refractivity contribution >= 4 is 5.97 Å². The zero-order valence-electron chi connectivity index (χ0n) is 14.3. The highest BCUT2D eigenvalue weighted by Gasteiger charge is 2.57. The van der Waals surface area contributed by atoms with E-state index < -0.39 is 0 Å². The predicted octanol–water partition coefficient (Wildman–Crippen LogP) is 4.57. The Morgan fingerprint density at radius 3 is 2.91 bits per heavy atom. The van der Waals surface area contributed by atoms with E-state index in [0.29, 0.717) is 30.5 Å². The maximum absolute atomic E-state index is 11.6. The van der Waals surface area contributed by atoms with Gasteiger partial charge in [0.1, 0.15) is 6.10 Å². The Morgan fingerprint density at radius 1 is 1.17 bits per heavy atom. The second-order valence-corrected chi connectivity index (χ2v) is 7.17. The number of epoxide rings is 1. The first-order valence-electron chi connectivity index (χ1n) is 9.46. The average Bonchev–Trinajstić information content (AvgIpc) is 3.23. The fraction of sp³-hybridized carbons (Fsp3) is 0.750. The third-order valence-electron chi connectivity index (χ3n) is 5.40. The van der Waals surface area contributed by atoms with Crippen molar-refractivity contribution in [2.75, 3.05) is 0 Å². The van der Waals surface area contributed by atoms with Crippen molar-refractivity contribution < 1.29 is 14.3 Å². The third-order valence-corrected chi connectivity index (χ3v) is 5.40. The first-order valence-corrected chi connectivity index (χ1v) is 9.46. The Labute approximate surface area is 140 Å². The van der Waals surface area contributed by atoms with E-state index in [4.69, 9.17) is 9.47 Å². The molecule has 2 aliphatic heterocycles. The van der Waals surface area contributed by atoms with E-state index in [1.165, 1.54) is 25.7 Å². The highest BCUT2D eigenvalue weighted by molar-refractivity contribution is 5.70. The maximum Gasteiger partial charge on any atom is 0.306 e. The smallest absolute Gasteiger partial charge is 0.306 e. The highest BCUT2D eigenvalue weighted by Crippen LogP contribution is 2.50. The summed E-state index contributed by atoms with van der Waals surface area (Å²) in [5.74, 6) is 0.887. The first-order chi connectivity index (χ1) is 11.3. The van der Waals surface area contributed by atoms with Crippen molar-refractivity contribution in [3.8, 4) is 0 Å². The number of carbonyl (C=O) groups is 1. The minimum Gasteiger partial charge on any atom is -0.462 e. The molecule has 3 rings (SSSR count). The number of carbonyl (C=O) groups excluding carboxylic acids is 1. The van der Waals surface area contributed by atoms with E-state index in [1.807, 2.05) is 0 Å². The number of unbranched alkanes of at least 4 members (excludes halogenated alkanes) is 3. The number of allylic oxidation sites excluding steroid dienone is 3.